The second-order valence-electron chi connectivity index (χ2n) is 4.81. The van der Waals surface area contributed by atoms with Gasteiger partial charge in [-0.3, -0.25) is 4.79 Å². The maximum atomic E-state index is 11.7. The number of urea groups is 1. The van der Waals surface area contributed by atoms with Gasteiger partial charge in [-0.1, -0.05) is 13.8 Å². The van der Waals surface area contributed by atoms with Crippen LogP contribution in [0.3, 0.4) is 0 Å². The minimum absolute atomic E-state index is 0.0868. The number of ether oxygens (including phenoxy) is 1. The standard InChI is InChI=1S/C12H20N2O7/c1-6(2)4-8(11(19)21-3)14-12(20)13-7(10(17)18)5-9(15)16/h6-8H,4-5H2,1-3H3,(H,15,16)(H,17,18)(H2,13,14,20)/t7-,8?/m1/s1. The van der Waals surface area contributed by atoms with Crippen LogP contribution in [0.25, 0.3) is 0 Å². The summed E-state index contributed by atoms with van der Waals surface area (Å²) in [5.74, 6) is -3.42. The quantitative estimate of drug-likeness (QED) is 0.455. The van der Waals surface area contributed by atoms with Crippen molar-refractivity contribution in [3.63, 3.8) is 0 Å². The molecular weight excluding hydrogens is 284 g/mol. The maximum absolute atomic E-state index is 11.7. The van der Waals surface area contributed by atoms with Crippen molar-refractivity contribution in [1.82, 2.24) is 10.6 Å². The van der Waals surface area contributed by atoms with E-state index in [2.05, 4.69) is 10.1 Å². The Hall–Kier alpha value is -2.32. The third-order valence-electron chi connectivity index (χ3n) is 2.48. The number of carbonyl (C=O) groups is 4. The van der Waals surface area contributed by atoms with Gasteiger partial charge in [-0.25, -0.2) is 14.4 Å². The first-order valence-electron chi connectivity index (χ1n) is 6.26. The third kappa shape index (κ3) is 7.75. The van der Waals surface area contributed by atoms with Crippen molar-refractivity contribution >= 4 is 23.9 Å². The number of esters is 1. The molecule has 0 aliphatic carbocycles. The van der Waals surface area contributed by atoms with Crippen LogP contribution in [0.15, 0.2) is 0 Å². The predicted molar refractivity (Wildman–Crippen MR) is 70.6 cm³/mol. The highest BCUT2D eigenvalue weighted by atomic mass is 16.5. The molecule has 9 nitrogen and oxygen atoms in total. The van der Waals surface area contributed by atoms with Crippen LogP contribution in [0, 0.1) is 5.92 Å². The fourth-order valence-corrected chi connectivity index (χ4v) is 1.56. The summed E-state index contributed by atoms with van der Waals surface area (Å²) in [6.07, 6.45) is -0.466. The summed E-state index contributed by atoms with van der Waals surface area (Å²) in [6.45, 7) is 3.67. The second kappa shape index (κ2) is 8.77. The highest BCUT2D eigenvalue weighted by molar-refractivity contribution is 5.88. The van der Waals surface area contributed by atoms with Crippen molar-refractivity contribution in [3.05, 3.63) is 0 Å². The van der Waals surface area contributed by atoms with E-state index in [9.17, 15) is 19.2 Å². The van der Waals surface area contributed by atoms with Crippen LogP contribution in [0.4, 0.5) is 4.79 Å². The van der Waals surface area contributed by atoms with Crippen molar-refractivity contribution in [3.8, 4) is 0 Å². The Morgan fingerprint density at radius 3 is 1.95 bits per heavy atom. The summed E-state index contributed by atoms with van der Waals surface area (Å²) in [5, 5.41) is 21.6. The monoisotopic (exact) mass is 304 g/mol. The van der Waals surface area contributed by atoms with Gasteiger partial charge in [0, 0.05) is 0 Å². The van der Waals surface area contributed by atoms with E-state index in [1.54, 1.807) is 0 Å². The largest absolute Gasteiger partial charge is 0.481 e. The van der Waals surface area contributed by atoms with Crippen LogP contribution >= 0.6 is 0 Å². The Bertz CT molecular complexity index is 408. The summed E-state index contributed by atoms with van der Waals surface area (Å²) in [6, 6.07) is -3.46. The number of nitrogens with one attached hydrogen (secondary N) is 2. The molecule has 0 aromatic carbocycles. The minimum Gasteiger partial charge on any atom is -0.481 e. The maximum Gasteiger partial charge on any atom is 0.328 e. The van der Waals surface area contributed by atoms with Crippen LogP contribution in [-0.4, -0.2) is 53.3 Å². The summed E-state index contributed by atoms with van der Waals surface area (Å²) in [5.41, 5.74) is 0. The van der Waals surface area contributed by atoms with Crippen molar-refractivity contribution < 1.29 is 34.1 Å². The van der Waals surface area contributed by atoms with Gasteiger partial charge in [0.25, 0.3) is 0 Å². The van der Waals surface area contributed by atoms with Crippen LogP contribution in [-0.2, 0) is 19.1 Å². The lowest BCUT2D eigenvalue weighted by molar-refractivity contribution is -0.145. The van der Waals surface area contributed by atoms with Crippen LogP contribution in [0.5, 0.6) is 0 Å². The van der Waals surface area contributed by atoms with E-state index in [4.69, 9.17) is 10.2 Å². The molecular formula is C12H20N2O7. The molecule has 2 atom stereocenters. The molecule has 0 spiro atoms. The molecule has 9 heteroatoms. The van der Waals surface area contributed by atoms with Gasteiger partial charge in [0.1, 0.15) is 12.1 Å². The molecule has 1 unspecified atom stereocenters. The van der Waals surface area contributed by atoms with Crippen molar-refractivity contribution in [2.45, 2.75) is 38.8 Å². The number of aliphatic carboxylic acids is 2. The molecule has 0 heterocycles. The Labute approximate surface area is 121 Å². The fraction of sp³-hybridized carbons (Fsp3) is 0.667. The molecule has 0 bridgehead atoms. The zero-order valence-corrected chi connectivity index (χ0v) is 12.1. The summed E-state index contributed by atoms with van der Waals surface area (Å²) in [7, 11) is 1.17. The number of methoxy groups -OCH3 is 1. The van der Waals surface area contributed by atoms with Gasteiger partial charge in [0.15, 0.2) is 0 Å². The second-order valence-corrected chi connectivity index (χ2v) is 4.81. The van der Waals surface area contributed by atoms with Crippen LogP contribution in [0.2, 0.25) is 0 Å². The average molecular weight is 304 g/mol. The van der Waals surface area contributed by atoms with Gasteiger partial charge in [-0.05, 0) is 12.3 Å². The van der Waals surface area contributed by atoms with Gasteiger partial charge in [0.2, 0.25) is 0 Å². The molecule has 120 valence electrons. The molecule has 0 aliphatic heterocycles. The molecule has 0 saturated heterocycles. The van der Waals surface area contributed by atoms with Gasteiger partial charge in [-0.2, -0.15) is 0 Å². The number of hydrogen-bond acceptors (Lipinski definition) is 5. The SMILES string of the molecule is COC(=O)C(CC(C)C)NC(=O)N[C@H](CC(=O)O)C(=O)O. The Morgan fingerprint density at radius 2 is 1.57 bits per heavy atom. The lowest BCUT2D eigenvalue weighted by Crippen LogP contribution is -2.52. The molecule has 0 radical (unpaired) electrons. The first-order valence-corrected chi connectivity index (χ1v) is 6.26. The van der Waals surface area contributed by atoms with Crippen LogP contribution in [0.1, 0.15) is 26.7 Å². The van der Waals surface area contributed by atoms with E-state index in [0.717, 1.165) is 0 Å². The highest BCUT2D eigenvalue weighted by Gasteiger charge is 2.27. The number of carbonyl (C=O) groups excluding carboxylic acids is 2. The number of carboxylic acid groups (broad SMARTS) is 2. The Morgan fingerprint density at radius 1 is 1.05 bits per heavy atom. The molecule has 2 amide bonds. The van der Waals surface area contributed by atoms with Crippen LogP contribution < -0.4 is 10.6 Å². The zero-order chi connectivity index (χ0) is 16.6. The lowest BCUT2D eigenvalue weighted by Gasteiger charge is -2.20. The van der Waals surface area contributed by atoms with Gasteiger partial charge < -0.3 is 25.6 Å². The summed E-state index contributed by atoms with van der Waals surface area (Å²) in [4.78, 5) is 44.5. The zero-order valence-electron chi connectivity index (χ0n) is 12.1. The molecule has 0 fully saturated rings. The van der Waals surface area contributed by atoms with Crippen molar-refractivity contribution in [2.75, 3.05) is 7.11 Å². The normalized spacial score (nSPS) is 13.1. The average Bonchev–Trinajstić information content (AvgIpc) is 2.34. The first-order chi connectivity index (χ1) is 9.67. The van der Waals surface area contributed by atoms with Gasteiger partial charge in [-0.15, -0.1) is 0 Å². The summed E-state index contributed by atoms with van der Waals surface area (Å²) >= 11 is 0. The van der Waals surface area contributed by atoms with E-state index in [-0.39, 0.29) is 5.92 Å². The molecule has 0 rings (SSSR count). The fourth-order valence-electron chi connectivity index (χ4n) is 1.56. The topological polar surface area (TPSA) is 142 Å². The highest BCUT2D eigenvalue weighted by Crippen LogP contribution is 2.06. The van der Waals surface area contributed by atoms with Crippen molar-refractivity contribution in [2.24, 2.45) is 5.92 Å². The minimum atomic E-state index is -1.58. The molecule has 0 aromatic rings. The third-order valence-corrected chi connectivity index (χ3v) is 2.48. The number of rotatable bonds is 8. The lowest BCUT2D eigenvalue weighted by atomic mass is 10.0. The number of amides is 2. The Balaban J connectivity index is 4.70. The van der Waals surface area contributed by atoms with Gasteiger partial charge >= 0.3 is 23.9 Å². The van der Waals surface area contributed by atoms with E-state index >= 15 is 0 Å². The number of carboxylic acids is 2. The van der Waals surface area contributed by atoms with E-state index < -0.39 is 42.4 Å². The van der Waals surface area contributed by atoms with E-state index in [0.29, 0.717) is 6.42 Å². The first kappa shape index (κ1) is 18.7. The van der Waals surface area contributed by atoms with Crippen molar-refractivity contribution in [1.29, 1.82) is 0 Å². The smallest absolute Gasteiger partial charge is 0.328 e. The summed E-state index contributed by atoms with van der Waals surface area (Å²) < 4.78 is 4.54. The molecule has 0 saturated carbocycles. The Kier molecular flexibility index (Phi) is 7.80. The molecule has 0 aliphatic rings. The molecule has 0 aromatic heterocycles. The predicted octanol–water partition coefficient (Wildman–Crippen LogP) is -0.199. The molecule has 4 N–H and O–H groups in total. The molecule has 21 heavy (non-hydrogen) atoms. The van der Waals surface area contributed by atoms with Gasteiger partial charge in [0.05, 0.1) is 13.5 Å². The van der Waals surface area contributed by atoms with E-state index in [1.807, 2.05) is 19.2 Å². The number of hydrogen-bond donors (Lipinski definition) is 4. The van der Waals surface area contributed by atoms with E-state index in [1.165, 1.54) is 7.11 Å².